The molecule has 3 heterocycles. The lowest BCUT2D eigenvalue weighted by Gasteiger charge is -2.51. The SMILES string of the molecule is CC(C)(O)C#Cc1ccc(C(=O)N2CCC3(CC2)OCC[C@@](C)(O)[C@@H]3O)o1. The van der Waals surface area contributed by atoms with Gasteiger partial charge in [-0.3, -0.25) is 4.79 Å². The number of carbonyl (C=O) groups is 1. The summed E-state index contributed by atoms with van der Waals surface area (Å²) in [5.74, 6) is 5.59. The molecule has 7 heteroatoms. The molecule has 1 aromatic heterocycles. The van der Waals surface area contributed by atoms with Gasteiger partial charge in [-0.05, 0) is 51.7 Å². The van der Waals surface area contributed by atoms with Gasteiger partial charge in [0.2, 0.25) is 0 Å². The van der Waals surface area contributed by atoms with Crippen LogP contribution in [-0.2, 0) is 4.74 Å². The Bertz CT molecular complexity index is 755. The first-order valence-electron chi connectivity index (χ1n) is 9.22. The molecule has 7 nitrogen and oxygen atoms in total. The van der Waals surface area contributed by atoms with E-state index < -0.39 is 22.9 Å². The number of hydrogen-bond donors (Lipinski definition) is 3. The Morgan fingerprint density at radius 3 is 2.59 bits per heavy atom. The number of ether oxygens (including phenoxy) is 1. The van der Waals surface area contributed by atoms with Crippen LogP contribution >= 0.6 is 0 Å². The van der Waals surface area contributed by atoms with E-state index in [4.69, 9.17) is 9.15 Å². The van der Waals surface area contributed by atoms with E-state index in [0.29, 0.717) is 44.7 Å². The van der Waals surface area contributed by atoms with Gasteiger partial charge in [-0.2, -0.15) is 0 Å². The fourth-order valence-corrected chi connectivity index (χ4v) is 3.64. The highest BCUT2D eigenvalue weighted by Crippen LogP contribution is 2.40. The van der Waals surface area contributed by atoms with Crippen molar-refractivity contribution in [2.45, 2.75) is 62.9 Å². The Labute approximate surface area is 158 Å². The van der Waals surface area contributed by atoms with E-state index in [9.17, 15) is 20.1 Å². The van der Waals surface area contributed by atoms with Gasteiger partial charge < -0.3 is 29.4 Å². The lowest BCUT2D eigenvalue weighted by Crippen LogP contribution is -2.64. The number of piperidine rings is 1. The fourth-order valence-electron chi connectivity index (χ4n) is 3.64. The molecule has 27 heavy (non-hydrogen) atoms. The van der Waals surface area contributed by atoms with Crippen LogP contribution in [0.1, 0.15) is 56.3 Å². The van der Waals surface area contributed by atoms with Crippen molar-refractivity contribution in [1.82, 2.24) is 4.90 Å². The smallest absolute Gasteiger partial charge is 0.289 e. The summed E-state index contributed by atoms with van der Waals surface area (Å²) in [5, 5.41) is 30.6. The zero-order valence-electron chi connectivity index (χ0n) is 16.0. The lowest BCUT2D eigenvalue weighted by molar-refractivity contribution is -0.244. The van der Waals surface area contributed by atoms with Crippen molar-refractivity contribution in [1.29, 1.82) is 0 Å². The van der Waals surface area contributed by atoms with Crippen molar-refractivity contribution in [3.05, 3.63) is 23.7 Å². The minimum atomic E-state index is -1.18. The first-order chi connectivity index (χ1) is 12.5. The van der Waals surface area contributed by atoms with E-state index in [1.54, 1.807) is 37.8 Å². The summed E-state index contributed by atoms with van der Waals surface area (Å²) in [6, 6.07) is 3.17. The molecule has 2 fully saturated rings. The van der Waals surface area contributed by atoms with Crippen LogP contribution in [0.3, 0.4) is 0 Å². The number of amides is 1. The maximum atomic E-state index is 12.7. The molecule has 1 aromatic rings. The predicted octanol–water partition coefficient (Wildman–Crippen LogP) is 0.909. The molecule has 0 unspecified atom stereocenters. The quantitative estimate of drug-likeness (QED) is 0.629. The summed E-state index contributed by atoms with van der Waals surface area (Å²) in [7, 11) is 0. The van der Waals surface area contributed by atoms with Gasteiger partial charge in [-0.1, -0.05) is 5.92 Å². The first-order valence-corrected chi connectivity index (χ1v) is 9.22. The second kappa shape index (κ2) is 6.95. The topological polar surface area (TPSA) is 103 Å². The van der Waals surface area contributed by atoms with E-state index >= 15 is 0 Å². The number of likely N-dealkylation sites (tertiary alicyclic amines) is 1. The molecule has 2 atom stereocenters. The van der Waals surface area contributed by atoms with Crippen LogP contribution in [-0.4, -0.2) is 68.7 Å². The van der Waals surface area contributed by atoms with Gasteiger partial charge in [0.05, 0.1) is 12.2 Å². The molecule has 1 amide bonds. The highest BCUT2D eigenvalue weighted by molar-refractivity contribution is 5.91. The summed E-state index contributed by atoms with van der Waals surface area (Å²) in [5.41, 5.74) is -3.13. The third kappa shape index (κ3) is 4.19. The van der Waals surface area contributed by atoms with Crippen molar-refractivity contribution in [3.63, 3.8) is 0 Å². The zero-order valence-corrected chi connectivity index (χ0v) is 16.0. The third-order valence-electron chi connectivity index (χ3n) is 5.29. The Hall–Kier alpha value is -1.85. The molecule has 0 bridgehead atoms. The summed E-state index contributed by atoms with van der Waals surface area (Å²) in [4.78, 5) is 14.3. The minimum absolute atomic E-state index is 0.183. The summed E-state index contributed by atoms with van der Waals surface area (Å²) in [6.45, 7) is 5.95. The van der Waals surface area contributed by atoms with Crippen LogP contribution in [0.2, 0.25) is 0 Å². The van der Waals surface area contributed by atoms with Gasteiger partial charge in [0.1, 0.15) is 17.3 Å². The van der Waals surface area contributed by atoms with Crippen LogP contribution in [0, 0.1) is 11.8 Å². The summed E-state index contributed by atoms with van der Waals surface area (Å²) in [6.07, 6.45) is 0.298. The number of nitrogens with zero attached hydrogens (tertiary/aromatic N) is 1. The molecule has 2 aliphatic rings. The Morgan fingerprint density at radius 1 is 1.30 bits per heavy atom. The van der Waals surface area contributed by atoms with E-state index in [1.165, 1.54) is 0 Å². The number of aliphatic hydroxyl groups excluding tert-OH is 1. The molecule has 0 aliphatic carbocycles. The minimum Gasteiger partial charge on any atom is -0.443 e. The molecule has 2 aliphatic heterocycles. The molecule has 3 rings (SSSR count). The Morgan fingerprint density at radius 2 is 1.96 bits per heavy atom. The lowest BCUT2D eigenvalue weighted by atomic mass is 9.75. The number of carbonyl (C=O) groups excluding carboxylic acids is 1. The van der Waals surface area contributed by atoms with E-state index in [-0.39, 0.29) is 11.7 Å². The van der Waals surface area contributed by atoms with Gasteiger partial charge in [-0.15, -0.1) is 0 Å². The first kappa shape index (κ1) is 19.9. The van der Waals surface area contributed by atoms with E-state index in [0.717, 1.165) is 0 Å². The summed E-state index contributed by atoms with van der Waals surface area (Å²) < 4.78 is 11.3. The average molecular weight is 377 g/mol. The van der Waals surface area contributed by atoms with Crippen LogP contribution in [0.5, 0.6) is 0 Å². The predicted molar refractivity (Wildman–Crippen MR) is 97.0 cm³/mol. The molecule has 148 valence electrons. The molecule has 1 spiro atoms. The van der Waals surface area contributed by atoms with Crippen molar-refractivity contribution in [2.24, 2.45) is 0 Å². The number of furan rings is 1. The standard InChI is InChI=1S/C20H27NO6/c1-18(2,24)7-6-14-4-5-15(27-14)16(22)21-11-8-20(9-12-21)17(23)19(3,25)10-13-26-20/h4-5,17,23-25H,8-13H2,1-3H3/t17-,19+/m0/s1. The second-order valence-electron chi connectivity index (χ2n) is 8.19. The van der Waals surface area contributed by atoms with E-state index in [2.05, 4.69) is 11.8 Å². The molecular formula is C20H27NO6. The number of hydrogen-bond acceptors (Lipinski definition) is 6. The number of aliphatic hydroxyl groups is 3. The van der Waals surface area contributed by atoms with Crippen LogP contribution < -0.4 is 0 Å². The maximum Gasteiger partial charge on any atom is 0.289 e. The molecule has 2 saturated heterocycles. The second-order valence-corrected chi connectivity index (χ2v) is 8.19. The Kier molecular flexibility index (Phi) is 5.12. The van der Waals surface area contributed by atoms with Gasteiger partial charge in [0.25, 0.3) is 5.91 Å². The summed E-state index contributed by atoms with van der Waals surface area (Å²) >= 11 is 0. The van der Waals surface area contributed by atoms with Gasteiger partial charge >= 0.3 is 0 Å². The van der Waals surface area contributed by atoms with Crippen molar-refractivity contribution in [2.75, 3.05) is 19.7 Å². The van der Waals surface area contributed by atoms with Crippen LogP contribution in [0.25, 0.3) is 0 Å². The van der Waals surface area contributed by atoms with Crippen molar-refractivity contribution < 1.29 is 29.3 Å². The Balaban J connectivity index is 1.65. The molecule has 0 aromatic carbocycles. The normalized spacial score (nSPS) is 27.9. The molecule has 0 radical (unpaired) electrons. The monoisotopic (exact) mass is 377 g/mol. The molecule has 0 saturated carbocycles. The molecule has 3 N–H and O–H groups in total. The third-order valence-corrected chi connectivity index (χ3v) is 5.29. The fraction of sp³-hybridized carbons (Fsp3) is 0.650. The van der Waals surface area contributed by atoms with Gasteiger partial charge in [-0.25, -0.2) is 0 Å². The van der Waals surface area contributed by atoms with Gasteiger partial charge in [0.15, 0.2) is 11.5 Å². The van der Waals surface area contributed by atoms with Gasteiger partial charge in [0, 0.05) is 19.5 Å². The molecular weight excluding hydrogens is 350 g/mol. The largest absolute Gasteiger partial charge is 0.443 e. The van der Waals surface area contributed by atoms with Crippen molar-refractivity contribution >= 4 is 5.91 Å². The zero-order chi connectivity index (χ0) is 19.9. The van der Waals surface area contributed by atoms with Crippen molar-refractivity contribution in [3.8, 4) is 11.8 Å². The highest BCUT2D eigenvalue weighted by atomic mass is 16.5. The van der Waals surface area contributed by atoms with Crippen LogP contribution in [0.4, 0.5) is 0 Å². The average Bonchev–Trinajstić information content (AvgIpc) is 3.06. The maximum absolute atomic E-state index is 12.7. The van der Waals surface area contributed by atoms with Crippen LogP contribution in [0.15, 0.2) is 16.5 Å². The number of rotatable bonds is 1. The highest BCUT2D eigenvalue weighted by Gasteiger charge is 2.53. The van der Waals surface area contributed by atoms with E-state index in [1.807, 2.05) is 0 Å².